The standard InChI is InChI=1S/C19H23BrN4O/c1-15-2-4-16(5-3-15)13-23-8-10-24(11-9-23)14-19(25)22-18-7-6-17(20)12-21-18/h2-7,12H,8-11,13-14H2,1H3,(H,21,22,25). The first-order chi connectivity index (χ1) is 12.1. The van der Waals surface area contributed by atoms with Crippen LogP contribution in [0.4, 0.5) is 5.82 Å². The van der Waals surface area contributed by atoms with Crippen molar-refractivity contribution in [2.75, 3.05) is 38.0 Å². The number of carbonyl (C=O) groups excluding carboxylic acids is 1. The minimum atomic E-state index is -0.0122. The van der Waals surface area contributed by atoms with Gasteiger partial charge in [-0.3, -0.25) is 14.6 Å². The lowest BCUT2D eigenvalue weighted by Crippen LogP contribution is -2.48. The highest BCUT2D eigenvalue weighted by Gasteiger charge is 2.19. The molecule has 1 fully saturated rings. The molecule has 0 spiro atoms. The van der Waals surface area contributed by atoms with Gasteiger partial charge in [0.1, 0.15) is 5.82 Å². The second-order valence-corrected chi connectivity index (χ2v) is 7.36. The Kier molecular flexibility index (Phi) is 6.18. The molecular formula is C19H23BrN4O. The van der Waals surface area contributed by atoms with E-state index in [1.165, 1.54) is 11.1 Å². The second-order valence-electron chi connectivity index (χ2n) is 6.45. The summed E-state index contributed by atoms with van der Waals surface area (Å²) >= 11 is 3.34. The predicted octanol–water partition coefficient (Wildman–Crippen LogP) is 2.91. The van der Waals surface area contributed by atoms with Crippen molar-refractivity contribution in [2.45, 2.75) is 13.5 Å². The minimum Gasteiger partial charge on any atom is -0.310 e. The molecule has 132 valence electrons. The Bertz CT molecular complexity index is 694. The summed E-state index contributed by atoms with van der Waals surface area (Å²) in [5.74, 6) is 0.577. The van der Waals surface area contributed by atoms with E-state index in [2.05, 4.69) is 67.2 Å². The van der Waals surface area contributed by atoms with Crippen molar-refractivity contribution in [3.05, 3.63) is 58.2 Å². The Morgan fingerprint density at radius 3 is 2.40 bits per heavy atom. The number of carbonyl (C=O) groups is 1. The highest BCUT2D eigenvalue weighted by atomic mass is 79.9. The van der Waals surface area contributed by atoms with Crippen molar-refractivity contribution in [3.63, 3.8) is 0 Å². The van der Waals surface area contributed by atoms with Crippen LogP contribution in [0.1, 0.15) is 11.1 Å². The van der Waals surface area contributed by atoms with Gasteiger partial charge < -0.3 is 5.32 Å². The largest absolute Gasteiger partial charge is 0.310 e. The van der Waals surface area contributed by atoms with Crippen molar-refractivity contribution in [2.24, 2.45) is 0 Å². The zero-order valence-electron chi connectivity index (χ0n) is 14.4. The van der Waals surface area contributed by atoms with Gasteiger partial charge in [0.25, 0.3) is 0 Å². The van der Waals surface area contributed by atoms with Crippen LogP contribution in [0.15, 0.2) is 47.1 Å². The van der Waals surface area contributed by atoms with Gasteiger partial charge in [0.15, 0.2) is 0 Å². The Balaban J connectivity index is 1.42. The number of hydrogen-bond donors (Lipinski definition) is 1. The Labute approximate surface area is 157 Å². The van der Waals surface area contributed by atoms with Crippen LogP contribution >= 0.6 is 15.9 Å². The van der Waals surface area contributed by atoms with E-state index in [0.29, 0.717) is 12.4 Å². The number of benzene rings is 1. The molecule has 1 aliphatic heterocycles. The summed E-state index contributed by atoms with van der Waals surface area (Å²) in [6, 6.07) is 12.4. The highest BCUT2D eigenvalue weighted by Crippen LogP contribution is 2.12. The molecule has 1 aliphatic rings. The summed E-state index contributed by atoms with van der Waals surface area (Å²) in [6.45, 7) is 7.28. The lowest BCUT2D eigenvalue weighted by molar-refractivity contribution is -0.117. The quantitative estimate of drug-likeness (QED) is 0.834. The van der Waals surface area contributed by atoms with E-state index in [-0.39, 0.29) is 5.91 Å². The van der Waals surface area contributed by atoms with Gasteiger partial charge in [-0.25, -0.2) is 4.98 Å². The first-order valence-electron chi connectivity index (χ1n) is 8.50. The van der Waals surface area contributed by atoms with Crippen molar-refractivity contribution < 1.29 is 4.79 Å². The zero-order chi connectivity index (χ0) is 17.6. The smallest absolute Gasteiger partial charge is 0.239 e. The summed E-state index contributed by atoms with van der Waals surface area (Å²) in [5.41, 5.74) is 2.64. The maximum Gasteiger partial charge on any atom is 0.239 e. The molecule has 0 bridgehead atoms. The fourth-order valence-electron chi connectivity index (χ4n) is 2.89. The minimum absolute atomic E-state index is 0.0122. The summed E-state index contributed by atoms with van der Waals surface area (Å²) < 4.78 is 0.898. The number of aryl methyl sites for hydroxylation is 1. The van der Waals surface area contributed by atoms with E-state index in [0.717, 1.165) is 37.2 Å². The molecule has 1 saturated heterocycles. The number of anilines is 1. The maximum atomic E-state index is 12.2. The SMILES string of the molecule is Cc1ccc(CN2CCN(CC(=O)Nc3ccc(Br)cn3)CC2)cc1. The normalized spacial score (nSPS) is 15.9. The van der Waals surface area contributed by atoms with Gasteiger partial charge in [0.2, 0.25) is 5.91 Å². The molecule has 2 heterocycles. The zero-order valence-corrected chi connectivity index (χ0v) is 16.0. The van der Waals surface area contributed by atoms with Gasteiger partial charge in [0.05, 0.1) is 6.54 Å². The van der Waals surface area contributed by atoms with Crippen LogP contribution in [-0.4, -0.2) is 53.4 Å². The van der Waals surface area contributed by atoms with Crippen molar-refractivity contribution in [1.82, 2.24) is 14.8 Å². The molecule has 0 saturated carbocycles. The first kappa shape index (κ1) is 18.0. The summed E-state index contributed by atoms with van der Waals surface area (Å²) in [7, 11) is 0. The number of pyridine rings is 1. The third-order valence-electron chi connectivity index (χ3n) is 4.35. The number of halogens is 1. The van der Waals surface area contributed by atoms with E-state index in [1.807, 2.05) is 6.07 Å². The van der Waals surface area contributed by atoms with Crippen LogP contribution < -0.4 is 5.32 Å². The Hall–Kier alpha value is -1.76. The molecule has 1 aromatic carbocycles. The number of nitrogens with zero attached hydrogens (tertiary/aromatic N) is 3. The van der Waals surface area contributed by atoms with Crippen LogP contribution in [0.5, 0.6) is 0 Å². The van der Waals surface area contributed by atoms with E-state index < -0.39 is 0 Å². The maximum absolute atomic E-state index is 12.2. The number of aromatic nitrogens is 1. The number of amides is 1. The van der Waals surface area contributed by atoms with E-state index in [1.54, 1.807) is 12.3 Å². The van der Waals surface area contributed by atoms with E-state index in [9.17, 15) is 4.79 Å². The van der Waals surface area contributed by atoms with Crippen molar-refractivity contribution in [1.29, 1.82) is 0 Å². The Morgan fingerprint density at radius 2 is 1.76 bits per heavy atom. The lowest BCUT2D eigenvalue weighted by Gasteiger charge is -2.34. The molecule has 2 aromatic rings. The molecule has 5 nitrogen and oxygen atoms in total. The molecule has 0 unspecified atom stereocenters. The number of hydrogen-bond acceptors (Lipinski definition) is 4. The van der Waals surface area contributed by atoms with Gasteiger partial charge in [-0.2, -0.15) is 0 Å². The third-order valence-corrected chi connectivity index (χ3v) is 4.82. The first-order valence-corrected chi connectivity index (χ1v) is 9.29. The fourth-order valence-corrected chi connectivity index (χ4v) is 3.13. The topological polar surface area (TPSA) is 48.5 Å². The van der Waals surface area contributed by atoms with Gasteiger partial charge in [0, 0.05) is 43.4 Å². The van der Waals surface area contributed by atoms with Crippen LogP contribution in [0.25, 0.3) is 0 Å². The number of piperazine rings is 1. The third kappa shape index (κ3) is 5.63. The number of nitrogens with one attached hydrogen (secondary N) is 1. The molecular weight excluding hydrogens is 380 g/mol. The van der Waals surface area contributed by atoms with Gasteiger partial charge >= 0.3 is 0 Å². The molecule has 0 aliphatic carbocycles. The van der Waals surface area contributed by atoms with Gasteiger partial charge in [-0.1, -0.05) is 29.8 Å². The van der Waals surface area contributed by atoms with Crippen LogP contribution in [0, 0.1) is 6.92 Å². The van der Waals surface area contributed by atoms with Crippen LogP contribution in [-0.2, 0) is 11.3 Å². The Morgan fingerprint density at radius 1 is 1.08 bits per heavy atom. The van der Waals surface area contributed by atoms with Crippen LogP contribution in [0.2, 0.25) is 0 Å². The molecule has 6 heteroatoms. The van der Waals surface area contributed by atoms with E-state index in [4.69, 9.17) is 0 Å². The predicted molar refractivity (Wildman–Crippen MR) is 103 cm³/mol. The summed E-state index contributed by atoms with van der Waals surface area (Å²) in [6.07, 6.45) is 1.68. The summed E-state index contributed by atoms with van der Waals surface area (Å²) in [5, 5.41) is 2.85. The van der Waals surface area contributed by atoms with Crippen molar-refractivity contribution >= 4 is 27.7 Å². The summed E-state index contributed by atoms with van der Waals surface area (Å²) in [4.78, 5) is 21.0. The average molecular weight is 403 g/mol. The number of rotatable bonds is 5. The van der Waals surface area contributed by atoms with Crippen LogP contribution in [0.3, 0.4) is 0 Å². The molecule has 25 heavy (non-hydrogen) atoms. The van der Waals surface area contributed by atoms with Gasteiger partial charge in [-0.05, 0) is 40.5 Å². The molecule has 1 aromatic heterocycles. The molecule has 0 atom stereocenters. The second kappa shape index (κ2) is 8.56. The van der Waals surface area contributed by atoms with Gasteiger partial charge in [-0.15, -0.1) is 0 Å². The fraction of sp³-hybridized carbons (Fsp3) is 0.368. The molecule has 1 amide bonds. The highest BCUT2D eigenvalue weighted by molar-refractivity contribution is 9.10. The lowest BCUT2D eigenvalue weighted by atomic mass is 10.1. The van der Waals surface area contributed by atoms with E-state index >= 15 is 0 Å². The molecule has 1 N–H and O–H groups in total. The monoisotopic (exact) mass is 402 g/mol. The molecule has 3 rings (SSSR count). The molecule has 0 radical (unpaired) electrons. The average Bonchev–Trinajstić information content (AvgIpc) is 2.61. The van der Waals surface area contributed by atoms with Crippen molar-refractivity contribution in [3.8, 4) is 0 Å².